The lowest BCUT2D eigenvalue weighted by Gasteiger charge is -2.28. The highest BCUT2D eigenvalue weighted by Gasteiger charge is 2.41. The van der Waals surface area contributed by atoms with Gasteiger partial charge in [-0.2, -0.15) is 5.10 Å². The van der Waals surface area contributed by atoms with Gasteiger partial charge in [0.2, 0.25) is 5.91 Å². The molecule has 1 aromatic heterocycles. The molecule has 1 aromatic rings. The maximum absolute atomic E-state index is 12.9. The Morgan fingerprint density at radius 3 is 2.90 bits per heavy atom. The summed E-state index contributed by atoms with van der Waals surface area (Å²) in [5, 5.41) is 9.68. The van der Waals surface area contributed by atoms with Crippen molar-refractivity contribution >= 4 is 11.7 Å². The number of amides is 1. The molecule has 2 aliphatic rings. The third-order valence-electron chi connectivity index (χ3n) is 4.27. The van der Waals surface area contributed by atoms with E-state index < -0.39 is 18.6 Å². The molecule has 1 amide bonds. The Balaban J connectivity index is 1.49. The number of H-pyrrole nitrogens is 1. The van der Waals surface area contributed by atoms with Crippen LogP contribution in [0.1, 0.15) is 44.7 Å². The van der Waals surface area contributed by atoms with E-state index in [9.17, 15) is 13.6 Å². The molecule has 0 spiro atoms. The smallest absolute Gasteiger partial charge is 0.271 e. The summed E-state index contributed by atoms with van der Waals surface area (Å²) in [6.45, 7) is 1.54. The number of rotatable bonds is 4. The van der Waals surface area contributed by atoms with Crippen LogP contribution in [0.5, 0.6) is 0 Å². The van der Waals surface area contributed by atoms with Crippen molar-refractivity contribution in [1.82, 2.24) is 10.2 Å². The normalized spacial score (nSPS) is 26.3. The first-order valence-corrected chi connectivity index (χ1v) is 7.22. The summed E-state index contributed by atoms with van der Waals surface area (Å²) < 4.78 is 30.9. The number of nitrogens with zero attached hydrogens (tertiary/aromatic N) is 1. The van der Waals surface area contributed by atoms with Gasteiger partial charge in [-0.3, -0.25) is 9.89 Å². The van der Waals surface area contributed by atoms with Gasteiger partial charge in [0, 0.05) is 23.6 Å². The topological polar surface area (TPSA) is 67.0 Å². The molecule has 3 rings (SSSR count). The van der Waals surface area contributed by atoms with Crippen molar-refractivity contribution in [3.63, 3.8) is 0 Å². The third kappa shape index (κ3) is 3.40. The molecule has 116 valence electrons. The van der Waals surface area contributed by atoms with Gasteiger partial charge in [-0.1, -0.05) is 6.92 Å². The van der Waals surface area contributed by atoms with E-state index in [4.69, 9.17) is 4.74 Å². The zero-order valence-corrected chi connectivity index (χ0v) is 11.9. The van der Waals surface area contributed by atoms with Crippen LogP contribution in [-0.4, -0.2) is 34.7 Å². The first-order chi connectivity index (χ1) is 9.86. The van der Waals surface area contributed by atoms with Gasteiger partial charge in [0.05, 0.1) is 12.5 Å². The summed E-state index contributed by atoms with van der Waals surface area (Å²) in [5.41, 5.74) is 1.18. The molecular weight excluding hydrogens is 280 g/mol. The van der Waals surface area contributed by atoms with Crippen LogP contribution >= 0.6 is 0 Å². The standard InChI is InChI=1S/C14H19F2N3O2/c1-13(4-5-13)10-7-11(19-18-10)17-12(20)6-9-2-3-14(15,16)8-21-9/h7,9H,2-6,8H2,1H3,(H2,17,18,19,20). The van der Waals surface area contributed by atoms with Gasteiger partial charge in [-0.05, 0) is 19.3 Å². The molecule has 5 nitrogen and oxygen atoms in total. The van der Waals surface area contributed by atoms with Gasteiger partial charge < -0.3 is 10.1 Å². The molecule has 21 heavy (non-hydrogen) atoms. The number of carbonyl (C=O) groups is 1. The molecule has 0 aromatic carbocycles. The number of halogens is 2. The van der Waals surface area contributed by atoms with Crippen LogP contribution in [-0.2, 0) is 14.9 Å². The van der Waals surface area contributed by atoms with Crippen LogP contribution in [0.3, 0.4) is 0 Å². The van der Waals surface area contributed by atoms with E-state index in [-0.39, 0.29) is 30.6 Å². The molecule has 0 bridgehead atoms. The van der Waals surface area contributed by atoms with Crippen LogP contribution in [0.4, 0.5) is 14.6 Å². The van der Waals surface area contributed by atoms with Crippen molar-refractivity contribution in [2.24, 2.45) is 0 Å². The summed E-state index contributed by atoms with van der Waals surface area (Å²) >= 11 is 0. The number of carbonyl (C=O) groups excluding carboxylic acids is 1. The van der Waals surface area contributed by atoms with E-state index in [2.05, 4.69) is 22.4 Å². The second-order valence-electron chi connectivity index (χ2n) is 6.31. The monoisotopic (exact) mass is 299 g/mol. The average molecular weight is 299 g/mol. The van der Waals surface area contributed by atoms with Crippen molar-refractivity contribution in [1.29, 1.82) is 0 Å². The molecule has 1 aliphatic heterocycles. The van der Waals surface area contributed by atoms with Crippen LogP contribution in [0, 0.1) is 0 Å². The Morgan fingerprint density at radius 2 is 2.29 bits per heavy atom. The van der Waals surface area contributed by atoms with Gasteiger partial charge >= 0.3 is 0 Å². The molecule has 1 saturated heterocycles. The maximum atomic E-state index is 12.9. The van der Waals surface area contributed by atoms with E-state index >= 15 is 0 Å². The highest BCUT2D eigenvalue weighted by atomic mass is 19.3. The summed E-state index contributed by atoms with van der Waals surface area (Å²) in [7, 11) is 0. The molecule has 1 atom stereocenters. The highest BCUT2D eigenvalue weighted by molar-refractivity contribution is 5.90. The minimum Gasteiger partial charge on any atom is -0.371 e. The van der Waals surface area contributed by atoms with E-state index in [0.717, 1.165) is 18.5 Å². The second-order valence-corrected chi connectivity index (χ2v) is 6.31. The predicted octanol–water partition coefficient (Wildman–Crippen LogP) is 2.60. The van der Waals surface area contributed by atoms with E-state index in [1.165, 1.54) is 0 Å². The second kappa shape index (κ2) is 5.05. The highest BCUT2D eigenvalue weighted by Crippen LogP contribution is 2.47. The molecule has 2 fully saturated rings. The molecule has 0 radical (unpaired) electrons. The van der Waals surface area contributed by atoms with Crippen LogP contribution in [0.15, 0.2) is 6.07 Å². The van der Waals surface area contributed by atoms with Crippen molar-refractivity contribution < 1.29 is 18.3 Å². The van der Waals surface area contributed by atoms with Crippen molar-refractivity contribution in [3.05, 3.63) is 11.8 Å². The molecule has 1 aliphatic carbocycles. The van der Waals surface area contributed by atoms with Crippen LogP contribution in [0.2, 0.25) is 0 Å². The van der Waals surface area contributed by atoms with E-state index in [0.29, 0.717) is 5.82 Å². The molecule has 1 saturated carbocycles. The zero-order valence-electron chi connectivity index (χ0n) is 11.9. The number of hydrogen-bond donors (Lipinski definition) is 2. The Labute approximate surface area is 121 Å². The predicted molar refractivity (Wildman–Crippen MR) is 72.3 cm³/mol. The Morgan fingerprint density at radius 1 is 1.52 bits per heavy atom. The maximum Gasteiger partial charge on any atom is 0.271 e. The van der Waals surface area contributed by atoms with Crippen LogP contribution < -0.4 is 5.32 Å². The van der Waals surface area contributed by atoms with Gasteiger partial charge in [0.25, 0.3) is 5.92 Å². The van der Waals surface area contributed by atoms with Crippen molar-refractivity contribution in [3.8, 4) is 0 Å². The molecular formula is C14H19F2N3O2. The molecule has 1 unspecified atom stereocenters. The number of aromatic nitrogens is 2. The fourth-order valence-corrected chi connectivity index (χ4v) is 2.48. The number of hydrogen-bond acceptors (Lipinski definition) is 3. The van der Waals surface area contributed by atoms with Gasteiger partial charge in [0.15, 0.2) is 5.82 Å². The fraction of sp³-hybridized carbons (Fsp3) is 0.714. The minimum atomic E-state index is -2.76. The molecule has 2 N–H and O–H groups in total. The van der Waals surface area contributed by atoms with Gasteiger partial charge in [-0.25, -0.2) is 8.78 Å². The Kier molecular flexibility index (Phi) is 3.47. The summed E-state index contributed by atoms with van der Waals surface area (Å²) in [5.74, 6) is -2.54. The lowest BCUT2D eigenvalue weighted by Crippen LogP contribution is -2.36. The number of anilines is 1. The number of aromatic amines is 1. The summed E-state index contributed by atoms with van der Waals surface area (Å²) in [6, 6.07) is 1.83. The Hall–Kier alpha value is -1.50. The summed E-state index contributed by atoms with van der Waals surface area (Å²) in [4.78, 5) is 11.9. The Bertz CT molecular complexity index is 530. The zero-order chi connectivity index (χ0) is 15.1. The number of ether oxygens (including phenoxy) is 1. The van der Waals surface area contributed by atoms with E-state index in [1.54, 1.807) is 0 Å². The van der Waals surface area contributed by atoms with Gasteiger partial charge in [-0.15, -0.1) is 0 Å². The molecule has 2 heterocycles. The summed E-state index contributed by atoms with van der Waals surface area (Å²) in [6.07, 6.45) is 1.85. The molecule has 7 heteroatoms. The SMILES string of the molecule is CC1(c2cc(NC(=O)CC3CCC(F)(F)CO3)n[nH]2)CC1. The van der Waals surface area contributed by atoms with E-state index in [1.807, 2.05) is 6.07 Å². The number of alkyl halides is 2. The van der Waals surface area contributed by atoms with Crippen LogP contribution in [0.25, 0.3) is 0 Å². The van der Waals surface area contributed by atoms with Crippen molar-refractivity contribution in [2.45, 2.75) is 56.5 Å². The van der Waals surface area contributed by atoms with Crippen molar-refractivity contribution in [2.75, 3.05) is 11.9 Å². The average Bonchev–Trinajstić information content (AvgIpc) is 2.98. The first kappa shape index (κ1) is 14.4. The van der Waals surface area contributed by atoms with Gasteiger partial charge in [0.1, 0.15) is 6.61 Å². The lowest BCUT2D eigenvalue weighted by molar-refractivity contribution is -0.149. The minimum absolute atomic E-state index is 0.0789. The largest absolute Gasteiger partial charge is 0.371 e. The quantitative estimate of drug-likeness (QED) is 0.898. The lowest BCUT2D eigenvalue weighted by atomic mass is 10.0. The number of nitrogens with one attached hydrogen (secondary N) is 2. The first-order valence-electron chi connectivity index (χ1n) is 7.22. The third-order valence-corrected chi connectivity index (χ3v) is 4.27. The fourth-order valence-electron chi connectivity index (χ4n) is 2.48.